The van der Waals surface area contributed by atoms with Crippen LogP contribution in [0.25, 0.3) is 22.2 Å². The number of benzene rings is 4. The number of ether oxygens (including phenoxy) is 4. The molecular formula is C35H29N3O6. The fourth-order valence-corrected chi connectivity index (χ4v) is 4.98. The number of H-pyrrole nitrogens is 2. The van der Waals surface area contributed by atoms with Crippen LogP contribution >= 0.6 is 0 Å². The van der Waals surface area contributed by atoms with Crippen LogP contribution in [0.1, 0.15) is 27.2 Å². The van der Waals surface area contributed by atoms with Gasteiger partial charge >= 0.3 is 0 Å². The minimum absolute atomic E-state index is 0.198. The summed E-state index contributed by atoms with van der Waals surface area (Å²) in [4.78, 5) is 37.1. The van der Waals surface area contributed by atoms with E-state index >= 15 is 0 Å². The Morgan fingerprint density at radius 2 is 1.32 bits per heavy atom. The molecule has 44 heavy (non-hydrogen) atoms. The highest BCUT2D eigenvalue weighted by atomic mass is 16.5. The summed E-state index contributed by atoms with van der Waals surface area (Å²) in [5.41, 5.74) is 3.43. The Hall–Kier alpha value is -5.83. The molecule has 0 atom stereocenters. The lowest BCUT2D eigenvalue weighted by molar-refractivity contribution is 0.103. The zero-order chi connectivity index (χ0) is 30.5. The monoisotopic (exact) mass is 587 g/mol. The van der Waals surface area contributed by atoms with E-state index in [1.807, 2.05) is 60.7 Å². The van der Waals surface area contributed by atoms with Crippen molar-refractivity contribution in [1.82, 2.24) is 15.0 Å². The van der Waals surface area contributed by atoms with E-state index in [-0.39, 0.29) is 28.1 Å². The number of carbonyl (C=O) groups excluding carboxylic acids is 1. The Balaban J connectivity index is 1.36. The van der Waals surface area contributed by atoms with Gasteiger partial charge in [-0.25, -0.2) is 4.98 Å². The summed E-state index contributed by atoms with van der Waals surface area (Å²) in [6.07, 6.45) is 1.29. The summed E-state index contributed by atoms with van der Waals surface area (Å²) in [6.45, 7) is 0.696. The third kappa shape index (κ3) is 5.76. The average Bonchev–Trinajstić information content (AvgIpc) is 3.48. The molecule has 0 fully saturated rings. The SMILES string of the molecule is COc1cc(C(=O)c2[nH]c3nc[nH]c(=O)c3c2-c2ccc(OCc3ccccc3)c(OC)c2)ccc1OCc1ccccc1. The molecule has 0 saturated heterocycles. The Kier molecular flexibility index (Phi) is 8.09. The molecule has 9 nitrogen and oxygen atoms in total. The van der Waals surface area contributed by atoms with Crippen LogP contribution in [0.3, 0.4) is 0 Å². The molecule has 0 radical (unpaired) electrons. The smallest absolute Gasteiger partial charge is 0.260 e. The van der Waals surface area contributed by atoms with Gasteiger partial charge in [-0.05, 0) is 47.0 Å². The Bertz CT molecular complexity index is 1980. The number of aromatic nitrogens is 3. The van der Waals surface area contributed by atoms with Gasteiger partial charge in [-0.2, -0.15) is 0 Å². The van der Waals surface area contributed by atoms with Gasteiger partial charge in [0.2, 0.25) is 5.78 Å². The van der Waals surface area contributed by atoms with Gasteiger partial charge in [-0.3, -0.25) is 9.59 Å². The number of hydrogen-bond acceptors (Lipinski definition) is 7. The second-order valence-corrected chi connectivity index (χ2v) is 9.94. The first kappa shape index (κ1) is 28.3. The quantitative estimate of drug-likeness (QED) is 0.170. The van der Waals surface area contributed by atoms with Crippen LogP contribution in [0.15, 0.2) is 108 Å². The van der Waals surface area contributed by atoms with Gasteiger partial charge in [0.15, 0.2) is 23.0 Å². The van der Waals surface area contributed by atoms with Crippen molar-refractivity contribution in [3.05, 3.63) is 136 Å². The molecule has 220 valence electrons. The molecule has 0 unspecified atom stereocenters. The van der Waals surface area contributed by atoms with Gasteiger partial charge in [-0.15, -0.1) is 0 Å². The second-order valence-electron chi connectivity index (χ2n) is 9.94. The maximum Gasteiger partial charge on any atom is 0.260 e. The number of methoxy groups -OCH3 is 2. The maximum atomic E-state index is 14.0. The second kappa shape index (κ2) is 12.6. The van der Waals surface area contributed by atoms with E-state index in [1.54, 1.807) is 36.4 Å². The zero-order valence-electron chi connectivity index (χ0n) is 24.1. The Morgan fingerprint density at radius 3 is 1.93 bits per heavy atom. The molecule has 4 aromatic carbocycles. The molecule has 0 aliphatic carbocycles. The van der Waals surface area contributed by atoms with Crippen molar-refractivity contribution in [3.63, 3.8) is 0 Å². The Labute approximate surface area is 253 Å². The maximum absolute atomic E-state index is 14.0. The number of ketones is 1. The summed E-state index contributed by atoms with van der Waals surface area (Å²) in [5, 5.41) is 0.255. The number of hydrogen-bond donors (Lipinski definition) is 2. The first-order valence-electron chi connectivity index (χ1n) is 13.9. The lowest BCUT2D eigenvalue weighted by Gasteiger charge is -2.14. The van der Waals surface area contributed by atoms with Crippen LogP contribution in [0.4, 0.5) is 0 Å². The summed E-state index contributed by atoms with van der Waals surface area (Å²) in [5.74, 6) is 1.53. The van der Waals surface area contributed by atoms with Crippen molar-refractivity contribution in [2.45, 2.75) is 13.2 Å². The minimum atomic E-state index is -0.383. The highest BCUT2D eigenvalue weighted by Gasteiger charge is 2.25. The van der Waals surface area contributed by atoms with E-state index in [0.29, 0.717) is 52.9 Å². The van der Waals surface area contributed by atoms with E-state index in [9.17, 15) is 9.59 Å². The van der Waals surface area contributed by atoms with E-state index in [1.165, 1.54) is 20.5 Å². The summed E-state index contributed by atoms with van der Waals surface area (Å²) in [6, 6.07) is 29.8. The van der Waals surface area contributed by atoms with Crippen LogP contribution in [0.2, 0.25) is 0 Å². The summed E-state index contributed by atoms with van der Waals surface area (Å²) < 4.78 is 23.2. The predicted octanol–water partition coefficient (Wildman–Crippen LogP) is 6.32. The van der Waals surface area contributed by atoms with Gasteiger partial charge in [-0.1, -0.05) is 66.7 Å². The molecule has 9 heteroatoms. The van der Waals surface area contributed by atoms with Gasteiger partial charge in [0.25, 0.3) is 5.56 Å². The molecule has 2 N–H and O–H groups in total. The van der Waals surface area contributed by atoms with Crippen molar-refractivity contribution in [2.75, 3.05) is 14.2 Å². The molecule has 2 heterocycles. The van der Waals surface area contributed by atoms with E-state index < -0.39 is 0 Å². The molecule has 6 rings (SSSR count). The van der Waals surface area contributed by atoms with Crippen molar-refractivity contribution >= 4 is 16.8 Å². The van der Waals surface area contributed by atoms with Crippen LogP contribution < -0.4 is 24.5 Å². The topological polar surface area (TPSA) is 116 Å². The highest BCUT2D eigenvalue weighted by Crippen LogP contribution is 2.38. The fourth-order valence-electron chi connectivity index (χ4n) is 4.98. The largest absolute Gasteiger partial charge is 0.493 e. The van der Waals surface area contributed by atoms with Crippen molar-refractivity contribution in [3.8, 4) is 34.1 Å². The lowest BCUT2D eigenvalue weighted by Crippen LogP contribution is -2.07. The number of nitrogens with zero attached hydrogens (tertiary/aromatic N) is 1. The number of aromatic amines is 2. The standard InChI is InChI=1S/C35H29N3O6/c1-41-28-17-24(13-15-26(28)43-19-22-9-5-3-6-10-22)30-31-34(36-21-37-35(31)40)38-32(30)33(39)25-14-16-27(29(18-25)42-2)44-20-23-11-7-4-8-12-23/h3-18,21H,19-20H2,1-2H3,(H2,36,37,38,40). The molecule has 0 amide bonds. The third-order valence-electron chi connectivity index (χ3n) is 7.18. The lowest BCUT2D eigenvalue weighted by atomic mass is 9.98. The first-order chi connectivity index (χ1) is 21.6. The normalized spacial score (nSPS) is 10.9. The number of fused-ring (bicyclic) bond motifs is 1. The molecule has 0 aliphatic rings. The van der Waals surface area contributed by atoms with Crippen molar-refractivity contribution < 1.29 is 23.7 Å². The molecular weight excluding hydrogens is 558 g/mol. The Morgan fingerprint density at radius 1 is 0.727 bits per heavy atom. The molecule has 0 spiro atoms. The predicted molar refractivity (Wildman–Crippen MR) is 167 cm³/mol. The van der Waals surface area contributed by atoms with E-state index in [4.69, 9.17) is 18.9 Å². The van der Waals surface area contributed by atoms with E-state index in [2.05, 4.69) is 15.0 Å². The molecule has 0 bridgehead atoms. The number of rotatable bonds is 11. The summed E-state index contributed by atoms with van der Waals surface area (Å²) >= 11 is 0. The van der Waals surface area contributed by atoms with Crippen LogP contribution in [0.5, 0.6) is 23.0 Å². The van der Waals surface area contributed by atoms with Gasteiger partial charge in [0.1, 0.15) is 18.9 Å². The van der Waals surface area contributed by atoms with Gasteiger partial charge < -0.3 is 28.9 Å². The van der Waals surface area contributed by atoms with Crippen LogP contribution in [-0.2, 0) is 13.2 Å². The fraction of sp³-hybridized carbons (Fsp3) is 0.114. The van der Waals surface area contributed by atoms with E-state index in [0.717, 1.165) is 11.1 Å². The van der Waals surface area contributed by atoms with Crippen molar-refractivity contribution in [1.29, 1.82) is 0 Å². The number of nitrogens with one attached hydrogen (secondary N) is 2. The van der Waals surface area contributed by atoms with Gasteiger partial charge in [0, 0.05) is 11.1 Å². The summed E-state index contributed by atoms with van der Waals surface area (Å²) in [7, 11) is 3.06. The highest BCUT2D eigenvalue weighted by molar-refractivity contribution is 6.16. The van der Waals surface area contributed by atoms with Crippen molar-refractivity contribution in [2.24, 2.45) is 0 Å². The van der Waals surface area contributed by atoms with Crippen LogP contribution in [-0.4, -0.2) is 35.0 Å². The molecule has 2 aromatic heterocycles. The van der Waals surface area contributed by atoms with Crippen LogP contribution in [0, 0.1) is 0 Å². The zero-order valence-corrected chi connectivity index (χ0v) is 24.1. The number of carbonyl (C=O) groups is 1. The molecule has 0 aliphatic heterocycles. The third-order valence-corrected chi connectivity index (χ3v) is 7.18. The first-order valence-corrected chi connectivity index (χ1v) is 13.9. The molecule has 6 aromatic rings. The molecule has 0 saturated carbocycles. The minimum Gasteiger partial charge on any atom is -0.493 e. The van der Waals surface area contributed by atoms with Gasteiger partial charge in [0.05, 0.1) is 31.6 Å². The average molecular weight is 588 g/mol.